The van der Waals surface area contributed by atoms with Gasteiger partial charge in [-0.1, -0.05) is 12.1 Å². The normalized spacial score (nSPS) is 11.5. The summed E-state index contributed by atoms with van der Waals surface area (Å²) in [5.74, 6) is -0.820. The summed E-state index contributed by atoms with van der Waals surface area (Å²) in [5.41, 5.74) is 6.14. The molecule has 1 rings (SSSR count). The van der Waals surface area contributed by atoms with Gasteiger partial charge in [-0.15, -0.1) is 0 Å². The SMILES string of the molecule is NCC(=O)N[C@@H](Cc1ccc(I)cc1)C(=O)NCC=O. The van der Waals surface area contributed by atoms with Crippen LogP contribution in [0.4, 0.5) is 0 Å². The molecule has 0 radical (unpaired) electrons. The zero-order valence-electron chi connectivity index (χ0n) is 10.8. The number of hydrogen-bond donors (Lipinski definition) is 3. The number of halogens is 1. The lowest BCUT2D eigenvalue weighted by atomic mass is 10.1. The van der Waals surface area contributed by atoms with Crippen LogP contribution in [-0.2, 0) is 20.8 Å². The molecule has 0 unspecified atom stereocenters. The number of aldehydes is 1. The molecule has 1 aromatic rings. The first-order valence-electron chi connectivity index (χ1n) is 6.02. The second-order valence-electron chi connectivity index (χ2n) is 4.07. The van der Waals surface area contributed by atoms with E-state index in [4.69, 9.17) is 5.73 Å². The molecule has 0 heterocycles. The van der Waals surface area contributed by atoms with E-state index >= 15 is 0 Å². The highest BCUT2D eigenvalue weighted by molar-refractivity contribution is 14.1. The Hall–Kier alpha value is -1.48. The van der Waals surface area contributed by atoms with Crippen molar-refractivity contribution in [1.29, 1.82) is 0 Å². The third kappa shape index (κ3) is 5.66. The molecule has 0 spiro atoms. The maximum Gasteiger partial charge on any atom is 0.243 e. The van der Waals surface area contributed by atoms with Crippen LogP contribution in [0, 0.1) is 3.57 Å². The summed E-state index contributed by atoms with van der Waals surface area (Å²) in [6, 6.07) is 6.86. The van der Waals surface area contributed by atoms with Gasteiger partial charge in [0, 0.05) is 9.99 Å². The standard InChI is InChI=1S/C13H16IN3O3/c14-10-3-1-9(2-4-10)7-11(17-12(19)8-15)13(20)16-5-6-18/h1-4,6,11H,5,7-8,15H2,(H,16,20)(H,17,19)/t11-/m0/s1. The van der Waals surface area contributed by atoms with Crippen molar-refractivity contribution < 1.29 is 14.4 Å². The van der Waals surface area contributed by atoms with Gasteiger partial charge in [0.15, 0.2) is 0 Å². The predicted octanol–water partition coefficient (Wildman–Crippen LogP) is -0.408. The van der Waals surface area contributed by atoms with Gasteiger partial charge < -0.3 is 21.2 Å². The van der Waals surface area contributed by atoms with Crippen molar-refractivity contribution in [2.45, 2.75) is 12.5 Å². The largest absolute Gasteiger partial charge is 0.348 e. The third-order valence-corrected chi connectivity index (χ3v) is 3.27. The molecule has 7 heteroatoms. The minimum Gasteiger partial charge on any atom is -0.348 e. The van der Waals surface area contributed by atoms with E-state index in [2.05, 4.69) is 33.2 Å². The number of amides is 2. The van der Waals surface area contributed by atoms with Crippen molar-refractivity contribution in [2.75, 3.05) is 13.1 Å². The average molecular weight is 389 g/mol. The Morgan fingerprint density at radius 3 is 2.50 bits per heavy atom. The van der Waals surface area contributed by atoms with Crippen LogP contribution in [0.15, 0.2) is 24.3 Å². The molecular formula is C13H16IN3O3. The summed E-state index contributed by atoms with van der Waals surface area (Å²) in [7, 11) is 0. The maximum absolute atomic E-state index is 11.9. The van der Waals surface area contributed by atoms with Gasteiger partial charge in [-0.2, -0.15) is 0 Å². The Balaban J connectivity index is 2.75. The maximum atomic E-state index is 11.9. The van der Waals surface area contributed by atoms with E-state index in [0.717, 1.165) is 9.13 Å². The minimum atomic E-state index is -0.744. The number of benzene rings is 1. The zero-order chi connectivity index (χ0) is 15.0. The van der Waals surface area contributed by atoms with Gasteiger partial charge in [-0.25, -0.2) is 0 Å². The first-order valence-corrected chi connectivity index (χ1v) is 7.10. The molecule has 0 aliphatic rings. The Bertz CT molecular complexity index is 476. The quantitative estimate of drug-likeness (QED) is 0.436. The summed E-state index contributed by atoms with van der Waals surface area (Å²) < 4.78 is 1.08. The van der Waals surface area contributed by atoms with Gasteiger partial charge >= 0.3 is 0 Å². The molecule has 0 fully saturated rings. The highest BCUT2D eigenvalue weighted by Crippen LogP contribution is 2.09. The molecule has 20 heavy (non-hydrogen) atoms. The van der Waals surface area contributed by atoms with Crippen LogP contribution in [-0.4, -0.2) is 37.2 Å². The molecule has 1 atom stereocenters. The number of rotatable bonds is 7. The van der Waals surface area contributed by atoms with E-state index in [-0.39, 0.29) is 13.1 Å². The summed E-state index contributed by atoms with van der Waals surface area (Å²) in [5, 5.41) is 4.97. The number of nitrogens with one attached hydrogen (secondary N) is 2. The van der Waals surface area contributed by atoms with Crippen molar-refractivity contribution in [2.24, 2.45) is 5.73 Å². The Labute approximate surface area is 130 Å². The van der Waals surface area contributed by atoms with Crippen molar-refractivity contribution in [1.82, 2.24) is 10.6 Å². The van der Waals surface area contributed by atoms with Crippen LogP contribution >= 0.6 is 22.6 Å². The molecule has 6 nitrogen and oxygen atoms in total. The van der Waals surface area contributed by atoms with Crippen molar-refractivity contribution in [3.63, 3.8) is 0 Å². The van der Waals surface area contributed by atoms with Gasteiger partial charge in [0.1, 0.15) is 12.3 Å². The minimum absolute atomic E-state index is 0.0828. The highest BCUT2D eigenvalue weighted by Gasteiger charge is 2.20. The molecule has 108 valence electrons. The molecular weight excluding hydrogens is 373 g/mol. The molecule has 0 saturated heterocycles. The second-order valence-corrected chi connectivity index (χ2v) is 5.31. The van der Waals surface area contributed by atoms with Gasteiger partial charge in [0.05, 0.1) is 13.1 Å². The van der Waals surface area contributed by atoms with Gasteiger partial charge in [0.2, 0.25) is 11.8 Å². The summed E-state index contributed by atoms with van der Waals surface area (Å²) in [4.78, 5) is 33.5. The van der Waals surface area contributed by atoms with Gasteiger partial charge in [-0.3, -0.25) is 9.59 Å². The lowest BCUT2D eigenvalue weighted by Crippen LogP contribution is -2.49. The number of hydrogen-bond acceptors (Lipinski definition) is 4. The van der Waals surface area contributed by atoms with E-state index in [1.165, 1.54) is 0 Å². The molecule has 0 aliphatic carbocycles. The average Bonchev–Trinajstić information content (AvgIpc) is 2.46. The number of nitrogens with two attached hydrogens (primary N) is 1. The molecule has 0 aromatic heterocycles. The summed E-state index contributed by atoms with van der Waals surface area (Å²) in [6.45, 7) is -0.273. The second kappa shape index (κ2) is 8.64. The van der Waals surface area contributed by atoms with E-state index in [1.54, 1.807) is 0 Å². The first kappa shape index (κ1) is 16.6. The van der Waals surface area contributed by atoms with Crippen LogP contribution in [0.5, 0.6) is 0 Å². The van der Waals surface area contributed by atoms with Crippen LogP contribution in [0.3, 0.4) is 0 Å². The summed E-state index contributed by atoms with van der Waals surface area (Å²) in [6.07, 6.45) is 0.929. The molecule has 4 N–H and O–H groups in total. The fourth-order valence-electron chi connectivity index (χ4n) is 1.58. The van der Waals surface area contributed by atoms with E-state index in [0.29, 0.717) is 12.7 Å². The predicted molar refractivity (Wildman–Crippen MR) is 82.9 cm³/mol. The van der Waals surface area contributed by atoms with E-state index < -0.39 is 17.9 Å². The smallest absolute Gasteiger partial charge is 0.243 e. The van der Waals surface area contributed by atoms with Crippen molar-refractivity contribution in [3.8, 4) is 0 Å². The van der Waals surface area contributed by atoms with E-state index in [9.17, 15) is 14.4 Å². The van der Waals surface area contributed by atoms with Gasteiger partial charge in [-0.05, 0) is 40.3 Å². The lowest BCUT2D eigenvalue weighted by molar-refractivity contribution is -0.128. The van der Waals surface area contributed by atoms with Crippen molar-refractivity contribution in [3.05, 3.63) is 33.4 Å². The highest BCUT2D eigenvalue weighted by atomic mass is 127. The molecule has 0 saturated carbocycles. The van der Waals surface area contributed by atoms with Crippen molar-refractivity contribution >= 4 is 40.7 Å². The molecule has 0 bridgehead atoms. The first-order chi connectivity index (χ1) is 9.56. The number of carbonyl (C=O) groups is 3. The fourth-order valence-corrected chi connectivity index (χ4v) is 1.94. The number of carbonyl (C=O) groups excluding carboxylic acids is 3. The lowest BCUT2D eigenvalue weighted by Gasteiger charge is -2.17. The molecule has 2 amide bonds. The topological polar surface area (TPSA) is 101 Å². The fraction of sp³-hybridized carbons (Fsp3) is 0.308. The zero-order valence-corrected chi connectivity index (χ0v) is 12.9. The van der Waals surface area contributed by atoms with Crippen LogP contribution in [0.25, 0.3) is 0 Å². The summed E-state index contributed by atoms with van der Waals surface area (Å²) >= 11 is 2.18. The van der Waals surface area contributed by atoms with Crippen LogP contribution in [0.2, 0.25) is 0 Å². The molecule has 1 aromatic carbocycles. The molecule has 0 aliphatic heterocycles. The monoisotopic (exact) mass is 389 g/mol. The van der Waals surface area contributed by atoms with E-state index in [1.807, 2.05) is 24.3 Å². The Morgan fingerprint density at radius 2 is 1.95 bits per heavy atom. The Morgan fingerprint density at radius 1 is 1.30 bits per heavy atom. The van der Waals surface area contributed by atoms with Crippen LogP contribution in [0.1, 0.15) is 5.56 Å². The van der Waals surface area contributed by atoms with Crippen LogP contribution < -0.4 is 16.4 Å². The Kier molecular flexibility index (Phi) is 7.16. The third-order valence-electron chi connectivity index (χ3n) is 2.55. The van der Waals surface area contributed by atoms with Gasteiger partial charge in [0.25, 0.3) is 0 Å².